The molecule has 156 valence electrons. The van der Waals surface area contributed by atoms with Gasteiger partial charge in [-0.2, -0.15) is 0 Å². The highest BCUT2D eigenvalue weighted by atomic mass is 16.5. The lowest BCUT2D eigenvalue weighted by molar-refractivity contribution is -0.123. The molecule has 1 N–H and O–H groups in total. The van der Waals surface area contributed by atoms with Gasteiger partial charge in [0, 0.05) is 11.6 Å². The molecule has 0 radical (unpaired) electrons. The molecule has 2 aromatic carbocycles. The van der Waals surface area contributed by atoms with Crippen LogP contribution in [0.5, 0.6) is 17.4 Å². The van der Waals surface area contributed by atoms with Crippen LogP contribution in [0.15, 0.2) is 60.7 Å². The monoisotopic (exact) mass is 407 g/mol. The van der Waals surface area contributed by atoms with E-state index in [9.17, 15) is 4.79 Å². The normalized spacial score (nSPS) is 10.3. The molecule has 3 rings (SSSR count). The molecule has 30 heavy (non-hydrogen) atoms. The predicted molar refractivity (Wildman–Crippen MR) is 114 cm³/mol. The zero-order valence-corrected chi connectivity index (χ0v) is 17.1. The number of rotatable bonds is 10. The highest BCUT2D eigenvalue weighted by molar-refractivity contribution is 5.77. The fourth-order valence-electron chi connectivity index (χ4n) is 2.70. The van der Waals surface area contributed by atoms with Gasteiger partial charge in [0.25, 0.3) is 5.91 Å². The van der Waals surface area contributed by atoms with Gasteiger partial charge >= 0.3 is 0 Å². The molecular weight excluding hydrogens is 382 g/mol. The van der Waals surface area contributed by atoms with Gasteiger partial charge in [0.1, 0.15) is 18.1 Å². The number of amides is 1. The lowest BCUT2D eigenvalue weighted by Crippen LogP contribution is -2.32. The van der Waals surface area contributed by atoms with E-state index in [1.165, 1.54) is 0 Å². The van der Waals surface area contributed by atoms with E-state index in [1.807, 2.05) is 68.4 Å². The molecule has 3 aromatic rings. The quantitative estimate of drug-likeness (QED) is 0.519. The van der Waals surface area contributed by atoms with Gasteiger partial charge in [-0.15, -0.1) is 10.2 Å². The number of nitrogens with zero attached hydrogens (tertiary/aromatic N) is 2. The molecule has 1 heterocycles. The zero-order chi connectivity index (χ0) is 21.2. The summed E-state index contributed by atoms with van der Waals surface area (Å²) in [7, 11) is 0. The van der Waals surface area contributed by atoms with E-state index in [0.717, 1.165) is 22.6 Å². The summed E-state index contributed by atoms with van der Waals surface area (Å²) in [5.74, 6) is 1.71. The topological polar surface area (TPSA) is 82.6 Å². The molecule has 0 saturated carbocycles. The average molecular weight is 407 g/mol. The second-order valence-electron chi connectivity index (χ2n) is 6.47. The van der Waals surface area contributed by atoms with E-state index in [-0.39, 0.29) is 19.1 Å². The molecule has 0 aliphatic rings. The van der Waals surface area contributed by atoms with E-state index in [0.29, 0.717) is 24.8 Å². The molecule has 0 fully saturated rings. The third kappa shape index (κ3) is 6.20. The number of hydrogen-bond acceptors (Lipinski definition) is 6. The van der Waals surface area contributed by atoms with Crippen LogP contribution in [0, 0.1) is 6.92 Å². The van der Waals surface area contributed by atoms with E-state index >= 15 is 0 Å². The number of benzene rings is 2. The van der Waals surface area contributed by atoms with Crippen molar-refractivity contribution in [3.8, 4) is 28.6 Å². The number of ether oxygens (including phenoxy) is 3. The van der Waals surface area contributed by atoms with Crippen LogP contribution in [0.3, 0.4) is 0 Å². The first-order valence-corrected chi connectivity index (χ1v) is 9.80. The molecule has 1 amide bonds. The molecule has 0 bridgehead atoms. The zero-order valence-electron chi connectivity index (χ0n) is 17.1. The fourth-order valence-corrected chi connectivity index (χ4v) is 2.70. The molecule has 1 aromatic heterocycles. The standard InChI is InChI=1S/C23H25N3O4/c1-3-28-19-10-8-18(9-11-19)20-12-13-23(26-25-20)29-15-14-24-22(27)16-30-21-7-5-4-6-17(21)2/h4-13H,3,14-16H2,1-2H3,(H,24,27). The first kappa shape index (κ1) is 21.1. The number of aromatic nitrogens is 2. The molecule has 0 saturated heterocycles. The smallest absolute Gasteiger partial charge is 0.258 e. The number of nitrogens with one attached hydrogen (secondary N) is 1. The van der Waals surface area contributed by atoms with Gasteiger partial charge in [0.05, 0.1) is 18.8 Å². The van der Waals surface area contributed by atoms with E-state index in [1.54, 1.807) is 6.07 Å². The van der Waals surface area contributed by atoms with Crippen LogP contribution in [-0.2, 0) is 4.79 Å². The Morgan fingerprint density at radius 1 is 0.933 bits per heavy atom. The molecule has 0 aliphatic carbocycles. The minimum atomic E-state index is -0.209. The second kappa shape index (κ2) is 10.8. The molecule has 0 unspecified atom stereocenters. The SMILES string of the molecule is CCOc1ccc(-c2ccc(OCCNC(=O)COc3ccccc3C)nn2)cc1. The highest BCUT2D eigenvalue weighted by Gasteiger charge is 2.05. The number of aryl methyl sites for hydroxylation is 1. The van der Waals surface area contributed by atoms with Crippen molar-refractivity contribution >= 4 is 5.91 Å². The number of carbonyl (C=O) groups is 1. The van der Waals surface area contributed by atoms with Gasteiger partial charge in [-0.1, -0.05) is 18.2 Å². The summed E-state index contributed by atoms with van der Waals surface area (Å²) < 4.78 is 16.5. The molecule has 0 aliphatic heterocycles. The summed E-state index contributed by atoms with van der Waals surface area (Å²) in [6.45, 7) is 5.10. The lowest BCUT2D eigenvalue weighted by Gasteiger charge is -2.10. The van der Waals surface area contributed by atoms with Crippen molar-refractivity contribution < 1.29 is 19.0 Å². The van der Waals surface area contributed by atoms with Gasteiger partial charge in [-0.3, -0.25) is 4.79 Å². The van der Waals surface area contributed by atoms with E-state index in [4.69, 9.17) is 14.2 Å². The largest absolute Gasteiger partial charge is 0.494 e. The Bertz CT molecular complexity index is 943. The number of carbonyl (C=O) groups excluding carboxylic acids is 1. The van der Waals surface area contributed by atoms with Crippen molar-refractivity contribution in [1.29, 1.82) is 0 Å². The van der Waals surface area contributed by atoms with Gasteiger partial charge in [-0.05, 0) is 55.8 Å². The fraction of sp³-hybridized carbons (Fsp3) is 0.261. The third-order valence-electron chi connectivity index (χ3n) is 4.23. The number of para-hydroxylation sites is 1. The van der Waals surface area contributed by atoms with Gasteiger partial charge in [0.15, 0.2) is 6.61 Å². The van der Waals surface area contributed by atoms with Crippen LogP contribution in [0.2, 0.25) is 0 Å². The van der Waals surface area contributed by atoms with Crippen molar-refractivity contribution in [2.45, 2.75) is 13.8 Å². The van der Waals surface area contributed by atoms with Gasteiger partial charge < -0.3 is 19.5 Å². The first-order chi connectivity index (χ1) is 14.7. The maximum Gasteiger partial charge on any atom is 0.258 e. The Labute approximate surface area is 176 Å². The van der Waals surface area contributed by atoms with Crippen molar-refractivity contribution in [1.82, 2.24) is 15.5 Å². The minimum absolute atomic E-state index is 0.0402. The maximum absolute atomic E-state index is 11.9. The molecular formula is C23H25N3O4. The summed E-state index contributed by atoms with van der Waals surface area (Å²) in [4.78, 5) is 11.9. The van der Waals surface area contributed by atoms with Crippen LogP contribution >= 0.6 is 0 Å². The third-order valence-corrected chi connectivity index (χ3v) is 4.23. The lowest BCUT2D eigenvalue weighted by atomic mass is 10.1. The maximum atomic E-state index is 11.9. The summed E-state index contributed by atoms with van der Waals surface area (Å²) in [6, 6.07) is 18.8. The van der Waals surface area contributed by atoms with E-state index < -0.39 is 0 Å². The molecule has 7 heteroatoms. The van der Waals surface area contributed by atoms with Crippen molar-refractivity contribution in [2.75, 3.05) is 26.4 Å². The number of hydrogen-bond donors (Lipinski definition) is 1. The highest BCUT2D eigenvalue weighted by Crippen LogP contribution is 2.21. The Kier molecular flexibility index (Phi) is 7.60. The van der Waals surface area contributed by atoms with Crippen molar-refractivity contribution in [2.24, 2.45) is 0 Å². The summed E-state index contributed by atoms with van der Waals surface area (Å²) in [5, 5.41) is 11.0. The molecule has 0 spiro atoms. The molecule has 7 nitrogen and oxygen atoms in total. The minimum Gasteiger partial charge on any atom is -0.494 e. The Balaban J connectivity index is 1.39. The average Bonchev–Trinajstić information content (AvgIpc) is 2.77. The Hall–Kier alpha value is -3.61. The molecule has 0 atom stereocenters. The Morgan fingerprint density at radius 2 is 1.73 bits per heavy atom. The van der Waals surface area contributed by atoms with Crippen molar-refractivity contribution in [3.63, 3.8) is 0 Å². The predicted octanol–water partition coefficient (Wildman–Crippen LogP) is 3.42. The van der Waals surface area contributed by atoms with Gasteiger partial charge in [-0.25, -0.2) is 0 Å². The van der Waals surface area contributed by atoms with Crippen LogP contribution in [0.25, 0.3) is 11.3 Å². The second-order valence-corrected chi connectivity index (χ2v) is 6.47. The summed E-state index contributed by atoms with van der Waals surface area (Å²) in [5.41, 5.74) is 2.67. The van der Waals surface area contributed by atoms with Crippen molar-refractivity contribution in [3.05, 3.63) is 66.2 Å². The Morgan fingerprint density at radius 3 is 2.43 bits per heavy atom. The van der Waals surface area contributed by atoms with Crippen LogP contribution in [-0.4, -0.2) is 42.5 Å². The van der Waals surface area contributed by atoms with Crippen LogP contribution in [0.4, 0.5) is 0 Å². The summed E-state index contributed by atoms with van der Waals surface area (Å²) in [6.07, 6.45) is 0. The summed E-state index contributed by atoms with van der Waals surface area (Å²) >= 11 is 0. The van der Waals surface area contributed by atoms with Crippen LogP contribution in [0.1, 0.15) is 12.5 Å². The first-order valence-electron chi connectivity index (χ1n) is 9.80. The van der Waals surface area contributed by atoms with E-state index in [2.05, 4.69) is 15.5 Å². The van der Waals surface area contributed by atoms with Crippen LogP contribution < -0.4 is 19.5 Å². The van der Waals surface area contributed by atoms with Gasteiger partial charge in [0.2, 0.25) is 5.88 Å².